The predicted molar refractivity (Wildman–Crippen MR) is 91.4 cm³/mol. The van der Waals surface area contributed by atoms with Crippen LogP contribution in [0.15, 0.2) is 40.0 Å². The van der Waals surface area contributed by atoms with Crippen molar-refractivity contribution in [2.45, 2.75) is 6.92 Å². The molecule has 2 N–H and O–H groups in total. The number of anilines is 1. The van der Waals surface area contributed by atoms with Crippen molar-refractivity contribution >= 4 is 33.7 Å². The number of hydrogen-bond donors (Lipinski definition) is 2. The number of H-pyrrole nitrogens is 1. The second-order valence-corrected chi connectivity index (χ2v) is 6.50. The minimum Gasteiger partial charge on any atom is -0.478 e. The summed E-state index contributed by atoms with van der Waals surface area (Å²) in [6, 6.07) is 5.34. The topological polar surface area (TPSA) is 84.1 Å². The van der Waals surface area contributed by atoms with E-state index in [1.165, 1.54) is 23.6 Å². The molecular formula is C15H13N3O3S2. The fraction of sp³-hybridized carbons (Fsp3) is 0.133. The van der Waals surface area contributed by atoms with Gasteiger partial charge in [-0.3, -0.25) is 14.9 Å². The highest BCUT2D eigenvalue weighted by Gasteiger charge is 2.10. The molecule has 3 aromatic heterocycles. The summed E-state index contributed by atoms with van der Waals surface area (Å²) in [5.41, 5.74) is 1.30. The molecule has 0 fully saturated rings. The van der Waals surface area contributed by atoms with Gasteiger partial charge in [0, 0.05) is 23.3 Å². The van der Waals surface area contributed by atoms with Crippen molar-refractivity contribution in [3.05, 3.63) is 51.1 Å². The van der Waals surface area contributed by atoms with E-state index >= 15 is 0 Å². The maximum Gasteiger partial charge on any atom is 0.264 e. The molecule has 0 aliphatic carbocycles. The summed E-state index contributed by atoms with van der Waals surface area (Å²) in [6.07, 6.45) is 1.45. The Hall–Kier alpha value is -2.45. The number of rotatable bonds is 5. The first-order valence-electron chi connectivity index (χ1n) is 6.73. The molecule has 0 atom stereocenters. The number of nitrogens with zero attached hydrogens (tertiary/aromatic N) is 1. The molecule has 118 valence electrons. The van der Waals surface area contributed by atoms with Crippen LogP contribution in [-0.2, 0) is 4.79 Å². The second kappa shape index (κ2) is 6.76. The van der Waals surface area contributed by atoms with Gasteiger partial charge in [-0.15, -0.1) is 22.7 Å². The molecule has 3 heterocycles. The molecule has 8 heteroatoms. The fourth-order valence-corrected chi connectivity index (χ4v) is 3.33. The zero-order valence-corrected chi connectivity index (χ0v) is 13.8. The molecule has 0 bridgehead atoms. The first-order valence-corrected chi connectivity index (χ1v) is 8.49. The largest absolute Gasteiger partial charge is 0.478 e. The molecule has 0 aromatic carbocycles. The van der Waals surface area contributed by atoms with Crippen LogP contribution in [0.5, 0.6) is 5.75 Å². The summed E-state index contributed by atoms with van der Waals surface area (Å²) in [4.78, 5) is 31.8. The van der Waals surface area contributed by atoms with Crippen molar-refractivity contribution in [3.63, 3.8) is 0 Å². The Bertz CT molecular complexity index is 868. The third-order valence-corrected chi connectivity index (χ3v) is 4.55. The molecular weight excluding hydrogens is 334 g/mol. The van der Waals surface area contributed by atoms with E-state index in [2.05, 4.69) is 15.3 Å². The lowest BCUT2D eigenvalue weighted by Crippen LogP contribution is -2.22. The van der Waals surface area contributed by atoms with Crippen LogP contribution in [0.25, 0.3) is 10.6 Å². The van der Waals surface area contributed by atoms with Gasteiger partial charge in [0.15, 0.2) is 17.5 Å². The van der Waals surface area contributed by atoms with Crippen molar-refractivity contribution in [1.82, 2.24) is 9.97 Å². The van der Waals surface area contributed by atoms with E-state index in [0.29, 0.717) is 5.13 Å². The van der Waals surface area contributed by atoms with E-state index in [1.807, 2.05) is 22.9 Å². The fourth-order valence-electron chi connectivity index (χ4n) is 1.84. The Morgan fingerprint density at radius 3 is 3.04 bits per heavy atom. The van der Waals surface area contributed by atoms with Crippen LogP contribution in [0, 0.1) is 6.92 Å². The van der Waals surface area contributed by atoms with Gasteiger partial charge in [0.25, 0.3) is 5.91 Å². The molecule has 3 rings (SSSR count). The monoisotopic (exact) mass is 347 g/mol. The Labute approximate surface area is 139 Å². The Morgan fingerprint density at radius 2 is 2.30 bits per heavy atom. The number of nitrogens with one attached hydrogen (secondary N) is 2. The molecule has 23 heavy (non-hydrogen) atoms. The van der Waals surface area contributed by atoms with E-state index in [1.54, 1.807) is 18.3 Å². The Morgan fingerprint density at radius 1 is 1.43 bits per heavy atom. The number of aromatic nitrogens is 2. The van der Waals surface area contributed by atoms with E-state index < -0.39 is 0 Å². The molecule has 0 aliphatic heterocycles. The minimum absolute atomic E-state index is 0.115. The Balaban J connectivity index is 1.58. The number of thiophene rings is 1. The maximum absolute atomic E-state index is 11.9. The van der Waals surface area contributed by atoms with Crippen LogP contribution in [0.3, 0.4) is 0 Å². The summed E-state index contributed by atoms with van der Waals surface area (Å²) in [7, 11) is 0. The molecule has 0 radical (unpaired) electrons. The number of hydrogen-bond acceptors (Lipinski definition) is 6. The van der Waals surface area contributed by atoms with Gasteiger partial charge in [-0.25, -0.2) is 4.98 Å². The van der Waals surface area contributed by atoms with Crippen LogP contribution in [-0.4, -0.2) is 22.5 Å². The van der Waals surface area contributed by atoms with Crippen LogP contribution in [0.2, 0.25) is 0 Å². The number of amides is 1. The summed E-state index contributed by atoms with van der Waals surface area (Å²) < 4.78 is 5.23. The number of ether oxygens (including phenoxy) is 1. The van der Waals surface area contributed by atoms with Crippen molar-refractivity contribution in [2.75, 3.05) is 11.9 Å². The lowest BCUT2D eigenvalue weighted by molar-refractivity contribution is -0.118. The molecule has 3 aromatic rings. The third-order valence-electron chi connectivity index (χ3n) is 2.90. The van der Waals surface area contributed by atoms with Crippen molar-refractivity contribution in [2.24, 2.45) is 0 Å². The van der Waals surface area contributed by atoms with Crippen LogP contribution in [0.4, 0.5) is 5.13 Å². The lowest BCUT2D eigenvalue weighted by Gasteiger charge is -2.05. The number of pyridine rings is 1. The first kappa shape index (κ1) is 15.4. The molecule has 0 aliphatic rings. The van der Waals surface area contributed by atoms with Gasteiger partial charge in [0.05, 0.1) is 10.6 Å². The zero-order chi connectivity index (χ0) is 16.2. The number of carbonyl (C=O) groups excluding carboxylic acids is 1. The van der Waals surface area contributed by atoms with Crippen LogP contribution in [0.1, 0.15) is 5.69 Å². The zero-order valence-electron chi connectivity index (χ0n) is 12.2. The summed E-state index contributed by atoms with van der Waals surface area (Å²) in [5.74, 6) is -0.249. The minimum atomic E-state index is -0.364. The highest BCUT2D eigenvalue weighted by Crippen LogP contribution is 2.28. The molecule has 1 amide bonds. The molecule has 6 nitrogen and oxygen atoms in total. The van der Waals surface area contributed by atoms with Crippen LogP contribution >= 0.6 is 22.7 Å². The molecule has 0 saturated heterocycles. The highest BCUT2D eigenvalue weighted by molar-refractivity contribution is 7.16. The number of aryl methyl sites for hydroxylation is 1. The first-order chi connectivity index (χ1) is 11.1. The van der Waals surface area contributed by atoms with Gasteiger partial charge in [0.1, 0.15) is 0 Å². The standard InChI is InChI=1S/C15H13N3O3S2/c1-9-5-11(19)12(6-16-9)21-7-14(20)18-15-17-10(8-23-15)13-3-2-4-22-13/h2-6,8H,7H2,1H3,(H,16,19)(H,17,18,20). The van der Waals surface area contributed by atoms with Gasteiger partial charge in [0.2, 0.25) is 5.43 Å². The number of thiazole rings is 1. The van der Waals surface area contributed by atoms with E-state index in [4.69, 9.17) is 4.74 Å². The van der Waals surface area contributed by atoms with E-state index in [9.17, 15) is 9.59 Å². The van der Waals surface area contributed by atoms with Crippen molar-refractivity contribution in [1.29, 1.82) is 0 Å². The average molecular weight is 347 g/mol. The highest BCUT2D eigenvalue weighted by atomic mass is 32.1. The second-order valence-electron chi connectivity index (χ2n) is 4.70. The number of carbonyl (C=O) groups is 1. The summed E-state index contributed by atoms with van der Waals surface area (Å²) in [6.45, 7) is 1.52. The predicted octanol–water partition coefficient (Wildman–Crippen LogP) is 2.89. The van der Waals surface area contributed by atoms with Crippen molar-refractivity contribution < 1.29 is 9.53 Å². The SMILES string of the molecule is Cc1cc(=O)c(OCC(=O)Nc2nc(-c3cccs3)cs2)c[nH]1. The van der Waals surface area contributed by atoms with E-state index in [-0.39, 0.29) is 23.7 Å². The lowest BCUT2D eigenvalue weighted by atomic mass is 10.3. The van der Waals surface area contributed by atoms with Crippen molar-refractivity contribution in [3.8, 4) is 16.3 Å². The summed E-state index contributed by atoms with van der Waals surface area (Å²) >= 11 is 2.93. The normalized spacial score (nSPS) is 10.5. The smallest absolute Gasteiger partial charge is 0.264 e. The average Bonchev–Trinajstić information content (AvgIpc) is 3.17. The number of aromatic amines is 1. The molecule has 0 saturated carbocycles. The third kappa shape index (κ3) is 3.85. The van der Waals surface area contributed by atoms with Gasteiger partial charge in [-0.2, -0.15) is 0 Å². The van der Waals surface area contributed by atoms with Gasteiger partial charge in [-0.05, 0) is 18.4 Å². The quantitative estimate of drug-likeness (QED) is 0.743. The van der Waals surface area contributed by atoms with Gasteiger partial charge < -0.3 is 9.72 Å². The van der Waals surface area contributed by atoms with Gasteiger partial charge in [-0.1, -0.05) is 6.07 Å². The molecule has 0 unspecified atom stereocenters. The summed E-state index contributed by atoms with van der Waals surface area (Å²) in [5, 5.41) is 7.02. The Kier molecular flexibility index (Phi) is 4.54. The maximum atomic E-state index is 11.9. The molecule has 0 spiro atoms. The van der Waals surface area contributed by atoms with Crippen LogP contribution < -0.4 is 15.5 Å². The van der Waals surface area contributed by atoms with E-state index in [0.717, 1.165) is 16.3 Å². The van der Waals surface area contributed by atoms with Gasteiger partial charge >= 0.3 is 0 Å².